The Morgan fingerprint density at radius 2 is 1.62 bits per heavy atom. The molecule has 0 unspecified atom stereocenters. The molecule has 0 aromatic rings. The van der Waals surface area contributed by atoms with Gasteiger partial charge in [-0.1, -0.05) is 28.1 Å². The number of allylic oxidation sites excluding steroid dienone is 2. The molecule has 0 aliphatic carbocycles. The fraction of sp³-hybridized carbons (Fsp3) is 0.333. The van der Waals surface area contributed by atoms with Gasteiger partial charge in [-0.25, -0.2) is 4.39 Å². The summed E-state index contributed by atoms with van der Waals surface area (Å²) in [6, 6.07) is 0. The predicted molar refractivity (Wildman–Crippen MR) is 40.2 cm³/mol. The summed E-state index contributed by atoms with van der Waals surface area (Å²) in [5.74, 6) is 0. The SMILES string of the molecule is C=CCBr.C=CCF. The predicted octanol–water partition coefficient (Wildman–Crippen LogP) is 2.71. The average Bonchev–Trinajstić information content (AvgIpc) is 1.88. The van der Waals surface area contributed by atoms with E-state index in [0.717, 1.165) is 5.33 Å². The maximum Gasteiger partial charge on any atom is 0.107 e. The van der Waals surface area contributed by atoms with Crippen LogP contribution >= 0.6 is 15.9 Å². The van der Waals surface area contributed by atoms with Gasteiger partial charge in [-0.3, -0.25) is 0 Å². The lowest BCUT2D eigenvalue weighted by Gasteiger charge is -1.55. The molecule has 0 amide bonds. The van der Waals surface area contributed by atoms with Gasteiger partial charge in [0.05, 0.1) is 0 Å². The van der Waals surface area contributed by atoms with E-state index < -0.39 is 6.67 Å². The molecule has 0 fully saturated rings. The van der Waals surface area contributed by atoms with Gasteiger partial charge in [-0.2, -0.15) is 0 Å². The highest BCUT2D eigenvalue weighted by atomic mass is 79.9. The third-order valence-electron chi connectivity index (χ3n) is 0.218. The first-order chi connectivity index (χ1) is 3.83. The van der Waals surface area contributed by atoms with Gasteiger partial charge in [0.15, 0.2) is 0 Å². The first kappa shape index (κ1) is 10.8. The maximum atomic E-state index is 10.6. The minimum atomic E-state index is -0.417. The normalized spacial score (nSPS) is 6.25. The molecule has 0 bridgehead atoms. The van der Waals surface area contributed by atoms with Crippen molar-refractivity contribution in [3.05, 3.63) is 25.3 Å². The molecular formula is C6H10BrF. The molecule has 0 rings (SSSR count). The molecule has 0 N–H and O–H groups in total. The summed E-state index contributed by atoms with van der Waals surface area (Å²) < 4.78 is 10.6. The first-order valence-electron chi connectivity index (χ1n) is 2.17. The van der Waals surface area contributed by atoms with Gasteiger partial charge in [-0.15, -0.1) is 13.2 Å². The van der Waals surface area contributed by atoms with Crippen LogP contribution in [-0.4, -0.2) is 12.0 Å². The molecule has 0 atom stereocenters. The highest BCUT2D eigenvalue weighted by molar-refractivity contribution is 9.09. The van der Waals surface area contributed by atoms with Crippen LogP contribution in [0.15, 0.2) is 25.3 Å². The Morgan fingerprint density at radius 3 is 1.62 bits per heavy atom. The molecule has 2 heteroatoms. The zero-order valence-electron chi connectivity index (χ0n) is 4.74. The topological polar surface area (TPSA) is 0 Å². The van der Waals surface area contributed by atoms with Crippen LogP contribution in [0, 0.1) is 0 Å². The van der Waals surface area contributed by atoms with Gasteiger partial charge in [0.25, 0.3) is 0 Å². The van der Waals surface area contributed by atoms with E-state index in [-0.39, 0.29) is 0 Å². The van der Waals surface area contributed by atoms with Crippen LogP contribution in [0.2, 0.25) is 0 Å². The van der Waals surface area contributed by atoms with Crippen LogP contribution in [0.25, 0.3) is 0 Å². The van der Waals surface area contributed by atoms with Crippen LogP contribution in [0.4, 0.5) is 4.39 Å². The summed E-state index contributed by atoms with van der Waals surface area (Å²) >= 11 is 3.13. The van der Waals surface area contributed by atoms with E-state index in [9.17, 15) is 4.39 Å². The second kappa shape index (κ2) is 15.8. The Balaban J connectivity index is 0. The van der Waals surface area contributed by atoms with E-state index in [1.807, 2.05) is 0 Å². The molecule has 0 heterocycles. The van der Waals surface area contributed by atoms with E-state index in [1.165, 1.54) is 6.08 Å². The summed E-state index contributed by atoms with van der Waals surface area (Å²) in [5.41, 5.74) is 0. The van der Waals surface area contributed by atoms with Crippen molar-refractivity contribution in [2.75, 3.05) is 12.0 Å². The van der Waals surface area contributed by atoms with E-state index in [4.69, 9.17) is 0 Å². The van der Waals surface area contributed by atoms with Gasteiger partial charge < -0.3 is 0 Å². The molecule has 0 spiro atoms. The summed E-state index contributed by atoms with van der Waals surface area (Å²) in [7, 11) is 0. The Bertz CT molecular complexity index is 44.5. The lowest BCUT2D eigenvalue weighted by atomic mass is 10.7. The van der Waals surface area contributed by atoms with Crippen LogP contribution < -0.4 is 0 Å². The minimum absolute atomic E-state index is 0.417. The smallest absolute Gasteiger partial charge is 0.107 e. The van der Waals surface area contributed by atoms with Crippen molar-refractivity contribution in [3.8, 4) is 0 Å². The van der Waals surface area contributed by atoms with E-state index >= 15 is 0 Å². The molecule has 8 heavy (non-hydrogen) atoms. The van der Waals surface area contributed by atoms with Gasteiger partial charge in [0.1, 0.15) is 6.67 Å². The highest BCUT2D eigenvalue weighted by Gasteiger charge is 1.49. The van der Waals surface area contributed by atoms with Crippen LogP contribution in [0.5, 0.6) is 0 Å². The molecule has 0 saturated heterocycles. The number of halogens is 2. The second-order valence-corrected chi connectivity index (χ2v) is 1.53. The standard InChI is InChI=1S/C3H5Br.C3H5F/c2*1-2-3-4/h2*2H,1,3H2. The van der Waals surface area contributed by atoms with E-state index in [0.29, 0.717) is 0 Å². The summed E-state index contributed by atoms with van der Waals surface area (Å²) in [6.45, 7) is 6.12. The van der Waals surface area contributed by atoms with Crippen molar-refractivity contribution in [2.24, 2.45) is 0 Å². The molecule has 0 saturated carbocycles. The number of rotatable bonds is 2. The quantitative estimate of drug-likeness (QED) is 0.453. The number of hydrogen-bond acceptors (Lipinski definition) is 0. The molecule has 0 aromatic carbocycles. The Kier molecular flexibility index (Phi) is 21.3. The highest BCUT2D eigenvalue weighted by Crippen LogP contribution is 1.73. The monoisotopic (exact) mass is 180 g/mol. The van der Waals surface area contributed by atoms with Crippen molar-refractivity contribution < 1.29 is 4.39 Å². The fourth-order valence-electron chi connectivity index (χ4n) is 0. The van der Waals surface area contributed by atoms with Crippen molar-refractivity contribution in [1.29, 1.82) is 0 Å². The lowest BCUT2D eigenvalue weighted by molar-refractivity contribution is 0.562. The number of hydrogen-bond donors (Lipinski definition) is 0. The molecule has 0 aromatic heterocycles. The average molecular weight is 181 g/mol. The summed E-state index contributed by atoms with van der Waals surface area (Å²) in [4.78, 5) is 0. The third-order valence-corrected chi connectivity index (χ3v) is 0.676. The molecule has 48 valence electrons. The van der Waals surface area contributed by atoms with Gasteiger partial charge in [0, 0.05) is 5.33 Å². The Labute approximate surface area is 58.2 Å². The van der Waals surface area contributed by atoms with Gasteiger partial charge >= 0.3 is 0 Å². The largest absolute Gasteiger partial charge is 0.247 e. The first-order valence-corrected chi connectivity index (χ1v) is 3.29. The molecule has 0 aliphatic heterocycles. The summed E-state index contributed by atoms with van der Waals surface area (Å²) in [5, 5.41) is 0.896. The van der Waals surface area contributed by atoms with Crippen molar-refractivity contribution >= 4 is 15.9 Å². The maximum absolute atomic E-state index is 10.6. The zero-order chi connectivity index (χ0) is 6.83. The van der Waals surface area contributed by atoms with Crippen molar-refractivity contribution in [1.82, 2.24) is 0 Å². The minimum Gasteiger partial charge on any atom is -0.247 e. The molecule has 0 nitrogen and oxygen atoms in total. The van der Waals surface area contributed by atoms with Gasteiger partial charge in [-0.05, 0) is 0 Å². The van der Waals surface area contributed by atoms with Crippen LogP contribution in [0.3, 0.4) is 0 Å². The molecule has 0 radical (unpaired) electrons. The summed E-state index contributed by atoms with van der Waals surface area (Å²) in [6.07, 6.45) is 3.00. The zero-order valence-corrected chi connectivity index (χ0v) is 6.33. The fourth-order valence-corrected chi connectivity index (χ4v) is 0. The lowest BCUT2D eigenvalue weighted by Crippen LogP contribution is -1.48. The second-order valence-electron chi connectivity index (χ2n) is 0.886. The third kappa shape index (κ3) is 39.4. The molecule has 0 aliphatic rings. The van der Waals surface area contributed by atoms with Crippen LogP contribution in [0.1, 0.15) is 0 Å². The Hall–Kier alpha value is -0.110. The van der Waals surface area contributed by atoms with Crippen molar-refractivity contribution in [2.45, 2.75) is 0 Å². The molecular weight excluding hydrogens is 171 g/mol. The van der Waals surface area contributed by atoms with Gasteiger partial charge in [0.2, 0.25) is 0 Å². The van der Waals surface area contributed by atoms with Crippen LogP contribution in [-0.2, 0) is 0 Å². The van der Waals surface area contributed by atoms with Crippen molar-refractivity contribution in [3.63, 3.8) is 0 Å². The van der Waals surface area contributed by atoms with E-state index in [1.54, 1.807) is 6.08 Å². The number of alkyl halides is 2. The Morgan fingerprint density at radius 1 is 1.38 bits per heavy atom. The van der Waals surface area contributed by atoms with E-state index in [2.05, 4.69) is 29.1 Å².